The highest BCUT2D eigenvalue weighted by Gasteiger charge is 2.29. The van der Waals surface area contributed by atoms with E-state index in [0.29, 0.717) is 50.8 Å². The Morgan fingerprint density at radius 3 is 2.79 bits per heavy atom. The Bertz CT molecular complexity index is 1620. The van der Waals surface area contributed by atoms with Crippen molar-refractivity contribution in [2.45, 2.75) is 19.3 Å². The fourth-order valence-electron chi connectivity index (χ4n) is 4.36. The van der Waals surface area contributed by atoms with Gasteiger partial charge in [-0.1, -0.05) is 42.5 Å². The van der Waals surface area contributed by atoms with Crippen LogP contribution in [0.2, 0.25) is 5.02 Å². The van der Waals surface area contributed by atoms with E-state index in [4.69, 9.17) is 22.4 Å². The number of hydrogen-bond acceptors (Lipinski definition) is 5. The molecule has 0 amide bonds. The number of aromatic amines is 1. The van der Waals surface area contributed by atoms with E-state index in [0.717, 1.165) is 10.3 Å². The van der Waals surface area contributed by atoms with E-state index in [1.54, 1.807) is 42.6 Å². The van der Waals surface area contributed by atoms with E-state index < -0.39 is 11.9 Å². The van der Waals surface area contributed by atoms with Gasteiger partial charge < -0.3 is 15.5 Å². The van der Waals surface area contributed by atoms with Gasteiger partial charge >= 0.3 is 5.97 Å². The van der Waals surface area contributed by atoms with Crippen molar-refractivity contribution in [2.75, 3.05) is 0 Å². The van der Waals surface area contributed by atoms with Crippen molar-refractivity contribution in [3.05, 3.63) is 113 Å². The average Bonchev–Trinajstić information content (AvgIpc) is 3.34. The summed E-state index contributed by atoms with van der Waals surface area (Å²) in [5.41, 5.74) is 7.26. The molecule has 0 aliphatic heterocycles. The second-order valence-corrected chi connectivity index (χ2v) is 9.10. The summed E-state index contributed by atoms with van der Waals surface area (Å²) in [5, 5.41) is 21.1. The highest BCUT2D eigenvalue weighted by atomic mass is 35.5. The van der Waals surface area contributed by atoms with E-state index in [1.165, 1.54) is 12.4 Å². The molecule has 6 N–H and O–H groups in total. The van der Waals surface area contributed by atoms with Crippen molar-refractivity contribution in [3.8, 4) is 11.1 Å². The predicted molar refractivity (Wildman–Crippen MR) is 152 cm³/mol. The second-order valence-electron chi connectivity index (χ2n) is 8.67. The molecule has 0 bridgehead atoms. The first-order valence-electron chi connectivity index (χ1n) is 12.0. The molecule has 1 atom stereocenters. The maximum Gasteiger partial charge on any atom is 0.335 e. The Kier molecular flexibility index (Phi) is 8.55. The van der Waals surface area contributed by atoms with Crippen LogP contribution < -0.4 is 16.0 Å². The number of hydrazine groups is 1. The van der Waals surface area contributed by atoms with Gasteiger partial charge in [-0.2, -0.15) is 0 Å². The number of fused-ring (bicyclic) bond motifs is 1. The molecule has 0 unspecified atom stereocenters. The fourth-order valence-corrected chi connectivity index (χ4v) is 4.53. The minimum absolute atomic E-state index is 0.154. The van der Waals surface area contributed by atoms with Crippen molar-refractivity contribution in [1.82, 2.24) is 15.4 Å². The number of imidazole rings is 1. The molecular formula is C29H28ClN6O3+. The number of nitrogens with one attached hydrogen (secondary N) is 2. The molecule has 39 heavy (non-hydrogen) atoms. The lowest BCUT2D eigenvalue weighted by molar-refractivity contribution is -0.909. The zero-order chi connectivity index (χ0) is 27.9. The maximum absolute atomic E-state index is 11.5. The minimum atomic E-state index is -1.02. The molecule has 4 rings (SSSR count). The van der Waals surface area contributed by atoms with Gasteiger partial charge in [-0.25, -0.2) is 20.6 Å². The number of carbonyl (C=O) groups is 1. The predicted octanol–water partition coefficient (Wildman–Crippen LogP) is 5.44. The number of carboxylic acid groups (broad SMARTS) is 1. The largest absolute Gasteiger partial charge is 0.478 e. The number of halogens is 1. The molecule has 10 heteroatoms. The summed E-state index contributed by atoms with van der Waals surface area (Å²) in [4.78, 5) is 23.8. The normalized spacial score (nSPS) is 12.8. The van der Waals surface area contributed by atoms with E-state index >= 15 is 0 Å². The van der Waals surface area contributed by atoms with E-state index in [9.17, 15) is 15.1 Å². The molecule has 2 aromatic carbocycles. The van der Waals surface area contributed by atoms with Gasteiger partial charge in [-0.15, -0.1) is 0 Å². The summed E-state index contributed by atoms with van der Waals surface area (Å²) in [5.74, 6) is 4.48. The van der Waals surface area contributed by atoms with Gasteiger partial charge in [-0.05, 0) is 61.4 Å². The summed E-state index contributed by atoms with van der Waals surface area (Å²) < 4.78 is 1.06. The van der Waals surface area contributed by atoms with Crippen molar-refractivity contribution in [2.24, 2.45) is 10.8 Å². The third kappa shape index (κ3) is 6.23. The smallest absolute Gasteiger partial charge is 0.335 e. The number of aliphatic imine (C=N–C) groups is 1. The van der Waals surface area contributed by atoms with Crippen LogP contribution in [0.15, 0.2) is 96.2 Å². The van der Waals surface area contributed by atoms with Crippen LogP contribution in [-0.2, 0) is 0 Å². The first-order chi connectivity index (χ1) is 18.8. The van der Waals surface area contributed by atoms with E-state index in [2.05, 4.69) is 22.0 Å². The first kappa shape index (κ1) is 27.3. The van der Waals surface area contributed by atoms with Crippen molar-refractivity contribution in [3.63, 3.8) is 0 Å². The van der Waals surface area contributed by atoms with E-state index in [-0.39, 0.29) is 5.56 Å². The zero-order valence-electron chi connectivity index (χ0n) is 21.2. The topological polar surface area (TPSA) is 140 Å². The highest BCUT2D eigenvalue weighted by Crippen LogP contribution is 2.34. The number of hydrogen-bond donors (Lipinski definition) is 5. The quantitative estimate of drug-likeness (QED) is 0.0343. The van der Waals surface area contributed by atoms with E-state index in [1.807, 2.05) is 37.3 Å². The molecule has 0 spiro atoms. The van der Waals surface area contributed by atoms with Gasteiger partial charge in [0.15, 0.2) is 0 Å². The monoisotopic (exact) mass is 543 g/mol. The number of H-pyrrole nitrogens is 1. The molecule has 0 saturated heterocycles. The van der Waals surface area contributed by atoms with Crippen LogP contribution in [0.1, 0.15) is 41.1 Å². The molecular weight excluding hydrogens is 516 g/mol. The van der Waals surface area contributed by atoms with Gasteiger partial charge in [0.1, 0.15) is 18.1 Å². The second kappa shape index (κ2) is 12.2. The fraction of sp³-hybridized carbons (Fsp3) is 0.103. The number of carboxylic acids is 1. The summed E-state index contributed by atoms with van der Waals surface area (Å²) in [6, 6.07) is 13.6. The first-order valence-corrected chi connectivity index (χ1v) is 12.4. The lowest BCUT2D eigenvalue weighted by Gasteiger charge is -2.13. The standard InChI is InChI=1S/C29H27ClN6O3/c1-3-5-18(6-4-2)13-23(28-34-25-10-7-19(29(37)38)14-26(25)35-28)27-12-8-20(16-36(27)39)22-15-21(30)9-11-24(22)32-17-33-31/h3-12,14-17,23H,1,13,31H2,2H3,(H3-,32,33,34,35,37,38,39)/p+1/b6-4-,18-5+/t23-/m0/s1. The Morgan fingerprint density at radius 2 is 2.10 bits per heavy atom. The minimum Gasteiger partial charge on any atom is -0.478 e. The van der Waals surface area contributed by atoms with Crippen LogP contribution in [0.25, 0.3) is 22.2 Å². The van der Waals surface area contributed by atoms with Gasteiger partial charge in [0.25, 0.3) is 0 Å². The molecule has 198 valence electrons. The van der Waals surface area contributed by atoms with Crippen LogP contribution in [0.4, 0.5) is 5.69 Å². The summed E-state index contributed by atoms with van der Waals surface area (Å²) >= 11 is 6.26. The number of aromatic carboxylic acids is 1. The van der Waals surface area contributed by atoms with Gasteiger partial charge in [0.2, 0.25) is 11.9 Å². The number of nitrogens with two attached hydrogens (primary N) is 1. The third-order valence-electron chi connectivity index (χ3n) is 6.09. The summed E-state index contributed by atoms with van der Waals surface area (Å²) in [7, 11) is 0. The van der Waals surface area contributed by atoms with Gasteiger partial charge in [-0.3, -0.25) is 5.21 Å². The van der Waals surface area contributed by atoms with Crippen molar-refractivity contribution < 1.29 is 19.8 Å². The Hall–Kier alpha value is -4.73. The Balaban J connectivity index is 1.83. The SMILES string of the molecule is C=C/C=C(\C=C/C)C[C@H](c1nc2ccc(C(=O)O)cc2[nH]1)c1ccc(-c2cc(Cl)ccc2N=CNN)c[n+]1O. The zero-order valence-corrected chi connectivity index (χ0v) is 21.9. The summed E-state index contributed by atoms with van der Waals surface area (Å²) in [6.07, 6.45) is 10.9. The number of benzene rings is 2. The van der Waals surface area contributed by atoms with Crippen molar-refractivity contribution >= 4 is 40.6 Å². The molecule has 9 nitrogen and oxygen atoms in total. The summed E-state index contributed by atoms with van der Waals surface area (Å²) in [6.45, 7) is 5.74. The lowest BCUT2D eigenvalue weighted by atomic mass is 9.93. The number of rotatable bonds is 10. The molecule has 0 fully saturated rings. The Morgan fingerprint density at radius 1 is 1.28 bits per heavy atom. The molecule has 2 heterocycles. The Labute approximate surface area is 230 Å². The van der Waals surface area contributed by atoms with Crippen molar-refractivity contribution in [1.29, 1.82) is 0 Å². The van der Waals surface area contributed by atoms with Crippen LogP contribution in [-0.4, -0.2) is 32.6 Å². The maximum atomic E-state index is 11.5. The third-order valence-corrected chi connectivity index (χ3v) is 6.33. The average molecular weight is 544 g/mol. The molecule has 0 aliphatic carbocycles. The molecule has 4 aromatic rings. The molecule has 2 aromatic heterocycles. The van der Waals surface area contributed by atoms with Crippen LogP contribution in [0.3, 0.4) is 0 Å². The molecule has 0 radical (unpaired) electrons. The number of pyridine rings is 1. The molecule has 0 aliphatic rings. The van der Waals surface area contributed by atoms with Crippen LogP contribution >= 0.6 is 11.6 Å². The van der Waals surface area contributed by atoms with Gasteiger partial charge in [0, 0.05) is 21.4 Å². The number of aromatic nitrogens is 3. The molecule has 0 saturated carbocycles. The number of allylic oxidation sites excluding steroid dienone is 5. The van der Waals surface area contributed by atoms with Gasteiger partial charge in [0.05, 0.1) is 27.8 Å². The number of nitrogens with zero attached hydrogens (tertiary/aromatic N) is 3. The highest BCUT2D eigenvalue weighted by molar-refractivity contribution is 6.31. The van der Waals surface area contributed by atoms with Crippen LogP contribution in [0, 0.1) is 0 Å². The lowest BCUT2D eigenvalue weighted by Crippen LogP contribution is -2.37. The van der Waals surface area contributed by atoms with Crippen LogP contribution in [0.5, 0.6) is 0 Å².